The predicted molar refractivity (Wildman–Crippen MR) is 112 cm³/mol. The van der Waals surface area contributed by atoms with Gasteiger partial charge in [0.25, 0.3) is 11.8 Å². The van der Waals surface area contributed by atoms with E-state index in [-0.39, 0.29) is 41.9 Å². The summed E-state index contributed by atoms with van der Waals surface area (Å²) in [4.78, 5) is 51.4. The summed E-state index contributed by atoms with van der Waals surface area (Å²) in [6.07, 6.45) is 3.41. The topological polar surface area (TPSA) is 83.6 Å². The second-order valence-electron chi connectivity index (χ2n) is 8.04. The molecule has 6 heteroatoms. The Morgan fingerprint density at radius 3 is 2.30 bits per heavy atom. The van der Waals surface area contributed by atoms with Crippen LogP contribution in [0.2, 0.25) is 0 Å². The van der Waals surface area contributed by atoms with Crippen LogP contribution in [-0.2, 0) is 4.79 Å². The number of carbonyl (C=O) groups excluding carboxylic acids is 4. The first-order valence-corrected chi connectivity index (χ1v) is 10.3. The van der Waals surface area contributed by atoms with Gasteiger partial charge in [0.1, 0.15) is 0 Å². The van der Waals surface area contributed by atoms with Gasteiger partial charge >= 0.3 is 0 Å². The van der Waals surface area contributed by atoms with Gasteiger partial charge in [0.15, 0.2) is 5.78 Å². The average molecular weight is 404 g/mol. The zero-order valence-electron chi connectivity index (χ0n) is 16.9. The summed E-state index contributed by atoms with van der Waals surface area (Å²) in [6, 6.07) is 13.7. The van der Waals surface area contributed by atoms with Crippen LogP contribution in [0.3, 0.4) is 0 Å². The molecule has 3 amide bonds. The molecule has 0 bridgehead atoms. The molecule has 2 aromatic carbocycles. The van der Waals surface area contributed by atoms with Gasteiger partial charge in [-0.1, -0.05) is 37.1 Å². The third kappa shape index (κ3) is 3.77. The summed E-state index contributed by atoms with van der Waals surface area (Å²) in [5, 5.41) is 2.92. The minimum Gasteiger partial charge on any atom is -0.326 e. The summed E-state index contributed by atoms with van der Waals surface area (Å²) >= 11 is 0. The maximum Gasteiger partial charge on any atom is 0.261 e. The van der Waals surface area contributed by atoms with E-state index in [0.717, 1.165) is 19.3 Å². The van der Waals surface area contributed by atoms with E-state index in [4.69, 9.17) is 0 Å². The summed E-state index contributed by atoms with van der Waals surface area (Å²) in [6.45, 7) is 1.73. The Bertz CT molecular complexity index is 994. The largest absolute Gasteiger partial charge is 0.326 e. The lowest BCUT2D eigenvalue weighted by molar-refractivity contribution is -0.122. The first-order valence-electron chi connectivity index (χ1n) is 10.3. The van der Waals surface area contributed by atoms with E-state index in [1.807, 2.05) is 0 Å². The lowest BCUT2D eigenvalue weighted by atomic mass is 9.78. The smallest absolute Gasteiger partial charge is 0.261 e. The van der Waals surface area contributed by atoms with Gasteiger partial charge in [-0.2, -0.15) is 0 Å². The zero-order chi connectivity index (χ0) is 21.3. The average Bonchev–Trinajstić information content (AvgIpc) is 2.99. The lowest BCUT2D eigenvalue weighted by Gasteiger charge is -2.32. The Labute approximate surface area is 175 Å². The summed E-state index contributed by atoms with van der Waals surface area (Å²) in [5.74, 6) is -1.13. The Morgan fingerprint density at radius 1 is 0.967 bits per heavy atom. The molecule has 30 heavy (non-hydrogen) atoms. The van der Waals surface area contributed by atoms with Gasteiger partial charge < -0.3 is 5.32 Å². The normalized spacial score (nSPS) is 20.8. The van der Waals surface area contributed by atoms with E-state index in [9.17, 15) is 19.2 Å². The van der Waals surface area contributed by atoms with Crippen LogP contribution in [0.1, 0.15) is 63.7 Å². The number of hydrogen-bond acceptors (Lipinski definition) is 4. The molecule has 4 rings (SSSR count). The van der Waals surface area contributed by atoms with Crippen molar-refractivity contribution in [3.8, 4) is 0 Å². The molecule has 2 aromatic rings. The van der Waals surface area contributed by atoms with Crippen molar-refractivity contribution in [1.82, 2.24) is 4.90 Å². The molecule has 154 valence electrons. The minimum absolute atomic E-state index is 0.0627. The summed E-state index contributed by atoms with van der Waals surface area (Å²) < 4.78 is 0. The van der Waals surface area contributed by atoms with Crippen LogP contribution >= 0.6 is 0 Å². The number of benzene rings is 2. The Hall–Kier alpha value is -3.28. The first kappa shape index (κ1) is 20.0. The van der Waals surface area contributed by atoms with Crippen molar-refractivity contribution < 1.29 is 19.2 Å². The molecule has 2 aliphatic rings. The van der Waals surface area contributed by atoms with Crippen molar-refractivity contribution in [3.05, 3.63) is 65.2 Å². The van der Waals surface area contributed by atoms with Gasteiger partial charge in [0, 0.05) is 23.7 Å². The number of Topliss-reactive ketones (excluding diaryl/α,β-unsaturated/α-hetero) is 1. The van der Waals surface area contributed by atoms with Gasteiger partial charge in [-0.15, -0.1) is 0 Å². The minimum atomic E-state index is -0.288. The SMILES string of the molecule is CC(=O)c1cccc(NC(=O)C2CCCCC2CN2C(=O)c3ccccc3C2=O)c1. The molecule has 0 radical (unpaired) electrons. The third-order valence-corrected chi connectivity index (χ3v) is 6.08. The zero-order valence-corrected chi connectivity index (χ0v) is 16.9. The third-order valence-electron chi connectivity index (χ3n) is 6.08. The van der Waals surface area contributed by atoms with E-state index in [1.54, 1.807) is 48.5 Å². The number of amides is 3. The number of carbonyl (C=O) groups is 4. The number of rotatable bonds is 5. The van der Waals surface area contributed by atoms with Gasteiger partial charge in [-0.05, 0) is 49.9 Å². The summed E-state index contributed by atoms with van der Waals surface area (Å²) in [7, 11) is 0. The van der Waals surface area contributed by atoms with E-state index >= 15 is 0 Å². The molecule has 1 heterocycles. The van der Waals surface area contributed by atoms with E-state index in [0.29, 0.717) is 28.8 Å². The van der Waals surface area contributed by atoms with Crippen molar-refractivity contribution in [2.24, 2.45) is 11.8 Å². The van der Waals surface area contributed by atoms with Crippen molar-refractivity contribution >= 4 is 29.2 Å². The van der Waals surface area contributed by atoms with E-state index in [1.165, 1.54) is 11.8 Å². The molecule has 2 atom stereocenters. The second kappa shape index (κ2) is 8.22. The molecule has 1 saturated carbocycles. The second-order valence-corrected chi connectivity index (χ2v) is 8.04. The number of imide groups is 1. The highest BCUT2D eigenvalue weighted by Crippen LogP contribution is 2.34. The molecule has 0 aromatic heterocycles. The molecule has 1 N–H and O–H groups in total. The molecule has 1 fully saturated rings. The molecule has 0 spiro atoms. The monoisotopic (exact) mass is 404 g/mol. The van der Waals surface area contributed by atoms with Gasteiger partial charge in [-0.25, -0.2) is 0 Å². The van der Waals surface area contributed by atoms with Gasteiger partial charge in [0.05, 0.1) is 11.1 Å². The van der Waals surface area contributed by atoms with Crippen LogP contribution in [0.5, 0.6) is 0 Å². The van der Waals surface area contributed by atoms with Crippen LogP contribution in [0.4, 0.5) is 5.69 Å². The first-order chi connectivity index (χ1) is 14.5. The molecule has 2 unspecified atom stereocenters. The molecule has 1 aliphatic heterocycles. The number of nitrogens with zero attached hydrogens (tertiary/aromatic N) is 1. The summed E-state index contributed by atoms with van der Waals surface area (Å²) in [5.41, 5.74) is 1.98. The fourth-order valence-corrected chi connectivity index (χ4v) is 4.46. The van der Waals surface area contributed by atoms with Crippen LogP contribution in [0.15, 0.2) is 48.5 Å². The van der Waals surface area contributed by atoms with Crippen molar-refractivity contribution in [3.63, 3.8) is 0 Å². The van der Waals surface area contributed by atoms with E-state index < -0.39 is 0 Å². The number of fused-ring (bicyclic) bond motifs is 1. The fraction of sp³-hybridized carbons (Fsp3) is 0.333. The standard InChI is InChI=1S/C24H24N2O4/c1-15(27)16-8-6-9-18(13-16)25-22(28)19-10-3-2-7-17(19)14-26-23(29)20-11-4-5-12-21(20)24(26)30/h4-6,8-9,11-13,17,19H,2-3,7,10,14H2,1H3,(H,25,28). The maximum absolute atomic E-state index is 13.0. The Balaban J connectivity index is 1.49. The number of hydrogen-bond donors (Lipinski definition) is 1. The van der Waals surface area contributed by atoms with Gasteiger partial charge in [0.2, 0.25) is 5.91 Å². The maximum atomic E-state index is 13.0. The highest BCUT2D eigenvalue weighted by atomic mass is 16.2. The highest BCUT2D eigenvalue weighted by Gasteiger charge is 2.40. The van der Waals surface area contributed by atoms with Gasteiger partial charge in [-0.3, -0.25) is 24.1 Å². The van der Waals surface area contributed by atoms with Crippen molar-refractivity contribution in [1.29, 1.82) is 0 Å². The Morgan fingerprint density at radius 2 is 1.63 bits per heavy atom. The molecular formula is C24H24N2O4. The van der Waals surface area contributed by atoms with Crippen LogP contribution in [0.25, 0.3) is 0 Å². The van der Waals surface area contributed by atoms with Crippen LogP contribution in [0, 0.1) is 11.8 Å². The number of nitrogens with one attached hydrogen (secondary N) is 1. The fourth-order valence-electron chi connectivity index (χ4n) is 4.46. The molecule has 1 aliphatic carbocycles. The Kier molecular flexibility index (Phi) is 5.48. The number of anilines is 1. The molecule has 6 nitrogen and oxygen atoms in total. The molecule has 0 saturated heterocycles. The van der Waals surface area contributed by atoms with Crippen LogP contribution in [-0.4, -0.2) is 34.9 Å². The predicted octanol–water partition coefficient (Wildman–Crippen LogP) is 3.93. The lowest BCUT2D eigenvalue weighted by Crippen LogP contribution is -2.41. The van der Waals surface area contributed by atoms with Crippen molar-refractivity contribution in [2.75, 3.05) is 11.9 Å². The molecular weight excluding hydrogens is 380 g/mol. The highest BCUT2D eigenvalue weighted by molar-refractivity contribution is 6.21. The van der Waals surface area contributed by atoms with Crippen LogP contribution < -0.4 is 5.32 Å². The number of ketones is 1. The van der Waals surface area contributed by atoms with Crippen molar-refractivity contribution in [2.45, 2.75) is 32.6 Å². The van der Waals surface area contributed by atoms with E-state index in [2.05, 4.69) is 5.32 Å². The quantitative estimate of drug-likeness (QED) is 0.605.